The summed E-state index contributed by atoms with van der Waals surface area (Å²) in [6.07, 6.45) is 3.48. The molecule has 0 radical (unpaired) electrons. The van der Waals surface area contributed by atoms with Crippen LogP contribution in [0.15, 0.2) is 36.7 Å². The smallest absolute Gasteiger partial charge is 0.228 e. The molecule has 6 nitrogen and oxygen atoms in total. The minimum atomic E-state index is -0.465. The molecule has 0 bridgehead atoms. The summed E-state index contributed by atoms with van der Waals surface area (Å²) in [7, 11) is 1.73. The molecule has 0 aliphatic carbocycles. The Morgan fingerprint density at radius 3 is 2.83 bits per heavy atom. The number of hydrogen-bond acceptors (Lipinski definition) is 4. The quantitative estimate of drug-likeness (QED) is 0.933. The van der Waals surface area contributed by atoms with Gasteiger partial charge in [0.25, 0.3) is 0 Å². The summed E-state index contributed by atoms with van der Waals surface area (Å²) in [4.78, 5) is 34.6. The number of nitrogens with one attached hydrogen (secondary N) is 1. The van der Waals surface area contributed by atoms with E-state index in [0.717, 1.165) is 16.9 Å². The third-order valence-corrected chi connectivity index (χ3v) is 4.02. The SMILES string of the molecule is Cc1cnc(CNC(=O)[C@@H]2CC(=O)N(C)c3ccccc32)cn1. The molecule has 118 valence electrons. The van der Waals surface area contributed by atoms with Gasteiger partial charge in [0.2, 0.25) is 11.8 Å². The Bertz CT molecular complexity index is 743. The van der Waals surface area contributed by atoms with Gasteiger partial charge in [0.1, 0.15) is 0 Å². The van der Waals surface area contributed by atoms with Gasteiger partial charge in [-0.2, -0.15) is 0 Å². The number of hydrogen-bond donors (Lipinski definition) is 1. The number of anilines is 1. The van der Waals surface area contributed by atoms with Gasteiger partial charge < -0.3 is 10.2 Å². The molecule has 1 aromatic heterocycles. The molecule has 0 saturated heterocycles. The zero-order valence-electron chi connectivity index (χ0n) is 13.1. The molecule has 3 rings (SSSR count). The number of aryl methyl sites for hydroxylation is 1. The van der Waals surface area contributed by atoms with Gasteiger partial charge in [-0.05, 0) is 18.6 Å². The molecule has 0 saturated carbocycles. The molecule has 1 aliphatic rings. The molecule has 0 fully saturated rings. The van der Waals surface area contributed by atoms with E-state index in [2.05, 4.69) is 15.3 Å². The second kappa shape index (κ2) is 6.16. The number of rotatable bonds is 3. The number of amides is 2. The van der Waals surface area contributed by atoms with Crippen LogP contribution in [0, 0.1) is 6.92 Å². The van der Waals surface area contributed by atoms with Crippen molar-refractivity contribution >= 4 is 17.5 Å². The van der Waals surface area contributed by atoms with Crippen LogP contribution >= 0.6 is 0 Å². The summed E-state index contributed by atoms with van der Waals surface area (Å²) < 4.78 is 0. The fraction of sp³-hybridized carbons (Fsp3) is 0.294. The highest BCUT2D eigenvalue weighted by atomic mass is 16.2. The molecule has 1 aromatic carbocycles. The van der Waals surface area contributed by atoms with E-state index < -0.39 is 5.92 Å². The Labute approximate surface area is 134 Å². The van der Waals surface area contributed by atoms with Crippen molar-refractivity contribution in [3.63, 3.8) is 0 Å². The molecule has 2 amide bonds. The number of aromatic nitrogens is 2. The summed E-state index contributed by atoms with van der Waals surface area (Å²) in [5.74, 6) is -0.687. The molecule has 1 atom stereocenters. The van der Waals surface area contributed by atoms with Gasteiger partial charge in [-0.15, -0.1) is 0 Å². The summed E-state index contributed by atoms with van der Waals surface area (Å²) in [6, 6.07) is 7.51. The van der Waals surface area contributed by atoms with Gasteiger partial charge in [0, 0.05) is 25.4 Å². The predicted octanol–water partition coefficient (Wildman–Crippen LogP) is 1.55. The summed E-state index contributed by atoms with van der Waals surface area (Å²) in [6.45, 7) is 2.16. The van der Waals surface area contributed by atoms with Gasteiger partial charge in [0.05, 0.1) is 30.0 Å². The molecule has 2 heterocycles. The van der Waals surface area contributed by atoms with Crippen LogP contribution in [0.1, 0.15) is 29.3 Å². The van der Waals surface area contributed by atoms with Gasteiger partial charge >= 0.3 is 0 Å². The summed E-state index contributed by atoms with van der Waals surface area (Å²) >= 11 is 0. The topological polar surface area (TPSA) is 75.2 Å². The predicted molar refractivity (Wildman–Crippen MR) is 85.8 cm³/mol. The fourth-order valence-corrected chi connectivity index (χ4v) is 2.69. The Morgan fingerprint density at radius 1 is 1.30 bits per heavy atom. The first-order valence-corrected chi connectivity index (χ1v) is 7.47. The Kier molecular flexibility index (Phi) is 4.06. The zero-order chi connectivity index (χ0) is 16.4. The number of carbonyl (C=O) groups excluding carboxylic acids is 2. The highest BCUT2D eigenvalue weighted by molar-refractivity contribution is 6.02. The van der Waals surface area contributed by atoms with Crippen molar-refractivity contribution in [2.75, 3.05) is 11.9 Å². The monoisotopic (exact) mass is 310 g/mol. The van der Waals surface area contributed by atoms with Crippen LogP contribution in [-0.2, 0) is 16.1 Å². The molecule has 2 aromatic rings. The van der Waals surface area contributed by atoms with Gasteiger partial charge in [-0.3, -0.25) is 19.6 Å². The first-order valence-electron chi connectivity index (χ1n) is 7.47. The molecular formula is C17H18N4O2. The molecule has 6 heteroatoms. The van der Waals surface area contributed by atoms with Crippen LogP contribution in [0.3, 0.4) is 0 Å². The first kappa shape index (κ1) is 15.1. The highest BCUT2D eigenvalue weighted by Crippen LogP contribution is 2.35. The van der Waals surface area contributed by atoms with Crippen LogP contribution in [0.5, 0.6) is 0 Å². The standard InChI is InChI=1S/C17H18N4O2/c1-11-8-19-12(9-18-11)10-20-17(23)14-7-16(22)21(2)15-6-4-3-5-13(14)15/h3-6,8-9,14H,7,10H2,1-2H3,(H,20,23)/t14-/m1/s1. The normalized spacial score (nSPS) is 16.9. The van der Waals surface area contributed by atoms with Crippen molar-refractivity contribution in [1.29, 1.82) is 0 Å². The summed E-state index contributed by atoms with van der Waals surface area (Å²) in [5, 5.41) is 2.85. The summed E-state index contributed by atoms with van der Waals surface area (Å²) in [5.41, 5.74) is 3.19. The van der Waals surface area contributed by atoms with Gasteiger partial charge in [0.15, 0.2) is 0 Å². The number of nitrogens with zero attached hydrogens (tertiary/aromatic N) is 3. The van der Waals surface area contributed by atoms with Gasteiger partial charge in [-0.25, -0.2) is 0 Å². The van der Waals surface area contributed by atoms with Crippen molar-refractivity contribution < 1.29 is 9.59 Å². The average molecular weight is 310 g/mol. The van der Waals surface area contributed by atoms with Crippen molar-refractivity contribution in [1.82, 2.24) is 15.3 Å². The lowest BCUT2D eigenvalue weighted by Gasteiger charge is -2.30. The van der Waals surface area contributed by atoms with Crippen LogP contribution in [0.2, 0.25) is 0 Å². The lowest BCUT2D eigenvalue weighted by Crippen LogP contribution is -2.39. The molecule has 1 aliphatic heterocycles. The second-order valence-electron chi connectivity index (χ2n) is 5.64. The van der Waals surface area contributed by atoms with Crippen molar-refractivity contribution in [3.05, 3.63) is 53.6 Å². The Balaban J connectivity index is 1.76. The van der Waals surface area contributed by atoms with E-state index in [1.54, 1.807) is 24.3 Å². The lowest BCUT2D eigenvalue weighted by atomic mass is 9.89. The third-order valence-electron chi connectivity index (χ3n) is 4.02. The minimum absolute atomic E-state index is 0.0565. The molecule has 0 spiro atoms. The maximum atomic E-state index is 12.5. The van der Waals surface area contributed by atoms with Gasteiger partial charge in [-0.1, -0.05) is 18.2 Å². The molecular weight excluding hydrogens is 292 g/mol. The maximum absolute atomic E-state index is 12.5. The van der Waals surface area contributed by atoms with E-state index in [9.17, 15) is 9.59 Å². The number of para-hydroxylation sites is 1. The zero-order valence-corrected chi connectivity index (χ0v) is 13.1. The fourth-order valence-electron chi connectivity index (χ4n) is 2.69. The number of benzene rings is 1. The largest absolute Gasteiger partial charge is 0.350 e. The van der Waals surface area contributed by atoms with Crippen molar-refractivity contribution in [2.45, 2.75) is 25.8 Å². The van der Waals surface area contributed by atoms with E-state index in [-0.39, 0.29) is 18.2 Å². The second-order valence-corrected chi connectivity index (χ2v) is 5.64. The number of carbonyl (C=O) groups is 2. The molecule has 23 heavy (non-hydrogen) atoms. The lowest BCUT2D eigenvalue weighted by molar-refractivity contribution is -0.127. The van der Waals surface area contributed by atoms with E-state index in [1.807, 2.05) is 31.2 Å². The van der Waals surface area contributed by atoms with Crippen LogP contribution < -0.4 is 10.2 Å². The highest BCUT2D eigenvalue weighted by Gasteiger charge is 2.33. The Hall–Kier alpha value is -2.76. The van der Waals surface area contributed by atoms with E-state index in [0.29, 0.717) is 12.2 Å². The average Bonchev–Trinajstić information content (AvgIpc) is 2.57. The van der Waals surface area contributed by atoms with Crippen molar-refractivity contribution in [3.8, 4) is 0 Å². The molecule has 1 N–H and O–H groups in total. The van der Waals surface area contributed by atoms with Crippen molar-refractivity contribution in [2.24, 2.45) is 0 Å². The first-order chi connectivity index (χ1) is 11.1. The minimum Gasteiger partial charge on any atom is -0.350 e. The maximum Gasteiger partial charge on any atom is 0.228 e. The third kappa shape index (κ3) is 3.06. The Morgan fingerprint density at radius 2 is 2.09 bits per heavy atom. The number of fused-ring (bicyclic) bond motifs is 1. The van der Waals surface area contributed by atoms with E-state index >= 15 is 0 Å². The van der Waals surface area contributed by atoms with E-state index in [1.165, 1.54) is 0 Å². The molecule has 0 unspecified atom stereocenters. The van der Waals surface area contributed by atoms with E-state index in [4.69, 9.17) is 0 Å². The van der Waals surface area contributed by atoms with Crippen LogP contribution in [0.4, 0.5) is 5.69 Å². The van der Waals surface area contributed by atoms with Crippen LogP contribution in [0.25, 0.3) is 0 Å². The van der Waals surface area contributed by atoms with Crippen LogP contribution in [-0.4, -0.2) is 28.8 Å².